The smallest absolute Gasteiger partial charge is 0.254 e. The predicted octanol–water partition coefficient (Wildman–Crippen LogP) is 3.43. The van der Waals surface area contributed by atoms with Gasteiger partial charge in [-0.25, -0.2) is 0 Å². The molecule has 2 aromatic rings. The second-order valence-electron chi connectivity index (χ2n) is 7.67. The lowest BCUT2D eigenvalue weighted by Crippen LogP contribution is -2.71. The molecular weight excluding hydrogens is 412 g/mol. The molecule has 1 aliphatic heterocycles. The number of benzene rings is 2. The Hall–Kier alpha value is -3.42. The summed E-state index contributed by atoms with van der Waals surface area (Å²) in [5, 5.41) is 10.7. The molecule has 0 aromatic heterocycles. The lowest BCUT2D eigenvalue weighted by Gasteiger charge is -2.52. The maximum atomic E-state index is 13.7. The van der Waals surface area contributed by atoms with Gasteiger partial charge in [0.1, 0.15) is 22.8 Å². The van der Waals surface area contributed by atoms with Crippen LogP contribution in [0.5, 0.6) is 11.5 Å². The molecule has 7 nitrogen and oxygen atoms in total. The molecule has 7 heteroatoms. The number of allylic oxidation sites excluding steroid dienone is 1. The van der Waals surface area contributed by atoms with Gasteiger partial charge in [0.05, 0.1) is 13.5 Å². The summed E-state index contributed by atoms with van der Waals surface area (Å²) in [7, 11) is 4.27. The molecule has 1 aliphatic carbocycles. The van der Waals surface area contributed by atoms with Crippen LogP contribution >= 0.6 is 0 Å². The minimum Gasteiger partial charge on any atom is -0.507 e. The lowest BCUT2D eigenvalue weighted by molar-refractivity contribution is -0.278. The summed E-state index contributed by atoms with van der Waals surface area (Å²) >= 11 is 0. The highest BCUT2D eigenvalue weighted by Crippen LogP contribution is 2.49. The molecule has 166 valence electrons. The van der Waals surface area contributed by atoms with Gasteiger partial charge in [-0.15, -0.1) is 0 Å². The van der Waals surface area contributed by atoms with E-state index in [9.17, 15) is 14.7 Å². The maximum absolute atomic E-state index is 13.7. The van der Waals surface area contributed by atoms with Crippen LogP contribution in [-0.2, 0) is 25.5 Å². The summed E-state index contributed by atoms with van der Waals surface area (Å²) in [5.41, 5.74) is -0.522. The molecular formula is C25H24O7. The van der Waals surface area contributed by atoms with Gasteiger partial charge >= 0.3 is 0 Å². The van der Waals surface area contributed by atoms with Crippen molar-refractivity contribution >= 4 is 17.6 Å². The summed E-state index contributed by atoms with van der Waals surface area (Å²) in [6.45, 7) is 0. The first-order valence-electron chi connectivity index (χ1n) is 10.1. The second kappa shape index (κ2) is 8.26. The minimum atomic E-state index is -1.67. The first kappa shape index (κ1) is 21.8. The van der Waals surface area contributed by atoms with Crippen molar-refractivity contribution in [2.45, 2.75) is 24.2 Å². The van der Waals surface area contributed by atoms with Gasteiger partial charge in [0.15, 0.2) is 5.78 Å². The van der Waals surface area contributed by atoms with Crippen LogP contribution in [0.2, 0.25) is 0 Å². The van der Waals surface area contributed by atoms with E-state index in [0.29, 0.717) is 17.1 Å². The predicted molar refractivity (Wildman–Crippen MR) is 117 cm³/mol. The van der Waals surface area contributed by atoms with Crippen molar-refractivity contribution in [3.63, 3.8) is 0 Å². The molecule has 4 rings (SSSR count). The molecule has 0 spiro atoms. The van der Waals surface area contributed by atoms with Gasteiger partial charge in [0.25, 0.3) is 5.79 Å². The monoisotopic (exact) mass is 436 g/mol. The SMILES string of the molecule is COc1ccc2c(c1)C[C@]1(OC)C(=O)/C(=C(O)\C=C\c3ccccc3)C(=O)C[C@]1(OC)O2. The van der Waals surface area contributed by atoms with Crippen LogP contribution < -0.4 is 9.47 Å². The fraction of sp³-hybridized carbons (Fsp3) is 0.280. The van der Waals surface area contributed by atoms with Gasteiger partial charge in [-0.2, -0.15) is 0 Å². The Balaban J connectivity index is 1.81. The number of aliphatic hydroxyl groups is 1. The molecule has 2 atom stereocenters. The minimum absolute atomic E-state index is 0.0785. The molecule has 0 unspecified atom stereocenters. The Bertz CT molecular complexity index is 1120. The number of aliphatic hydroxyl groups excluding tert-OH is 1. The van der Waals surface area contributed by atoms with Gasteiger partial charge < -0.3 is 24.1 Å². The lowest BCUT2D eigenvalue weighted by atomic mass is 9.69. The molecule has 2 aromatic carbocycles. The third kappa shape index (κ3) is 3.30. The normalized spacial score (nSPS) is 26.3. The topological polar surface area (TPSA) is 91.3 Å². The average Bonchev–Trinajstić information content (AvgIpc) is 2.82. The number of carbonyl (C=O) groups excluding carboxylic acids is 2. The van der Waals surface area contributed by atoms with E-state index >= 15 is 0 Å². The molecule has 1 fully saturated rings. The molecule has 0 saturated heterocycles. The molecule has 0 radical (unpaired) electrons. The summed E-state index contributed by atoms with van der Waals surface area (Å²) in [5.74, 6) is -2.31. The summed E-state index contributed by atoms with van der Waals surface area (Å²) in [6, 6.07) is 14.4. The van der Waals surface area contributed by atoms with E-state index in [1.54, 1.807) is 31.4 Å². The van der Waals surface area contributed by atoms with Crippen LogP contribution in [0.15, 0.2) is 65.9 Å². The van der Waals surface area contributed by atoms with Crippen molar-refractivity contribution in [2.24, 2.45) is 0 Å². The van der Waals surface area contributed by atoms with E-state index in [2.05, 4.69) is 0 Å². The Kier molecular flexibility index (Phi) is 5.62. The first-order valence-corrected chi connectivity index (χ1v) is 10.1. The highest BCUT2D eigenvalue weighted by atomic mass is 16.7. The van der Waals surface area contributed by atoms with Crippen molar-refractivity contribution < 1.29 is 33.6 Å². The Labute approximate surface area is 185 Å². The Morgan fingerprint density at radius 3 is 2.44 bits per heavy atom. The van der Waals surface area contributed by atoms with E-state index in [4.69, 9.17) is 18.9 Å². The van der Waals surface area contributed by atoms with Gasteiger partial charge in [-0.3, -0.25) is 9.59 Å². The van der Waals surface area contributed by atoms with E-state index in [-0.39, 0.29) is 18.4 Å². The summed E-state index contributed by atoms with van der Waals surface area (Å²) in [4.78, 5) is 26.8. The number of ketones is 2. The highest BCUT2D eigenvalue weighted by molar-refractivity contribution is 6.26. The highest BCUT2D eigenvalue weighted by Gasteiger charge is 2.68. The molecule has 32 heavy (non-hydrogen) atoms. The summed E-state index contributed by atoms with van der Waals surface area (Å²) in [6.07, 6.45) is 2.74. The summed E-state index contributed by atoms with van der Waals surface area (Å²) < 4.78 is 22.8. The van der Waals surface area contributed by atoms with Crippen LogP contribution in [-0.4, -0.2) is 49.4 Å². The number of Topliss-reactive ketones (excluding diaryl/α,β-unsaturated/α-hetero) is 2. The maximum Gasteiger partial charge on any atom is 0.254 e. The molecule has 1 N–H and O–H groups in total. The van der Waals surface area contributed by atoms with E-state index in [1.165, 1.54) is 20.3 Å². The average molecular weight is 436 g/mol. The van der Waals surface area contributed by atoms with E-state index in [0.717, 1.165) is 5.56 Å². The quantitative estimate of drug-likeness (QED) is 0.436. The molecule has 2 aliphatic rings. The number of carbonyl (C=O) groups is 2. The number of fused-ring (bicyclic) bond motifs is 2. The van der Waals surface area contributed by atoms with Crippen molar-refractivity contribution in [3.8, 4) is 11.5 Å². The van der Waals surface area contributed by atoms with Gasteiger partial charge in [0.2, 0.25) is 11.4 Å². The third-order valence-electron chi connectivity index (χ3n) is 6.03. The number of hydrogen-bond acceptors (Lipinski definition) is 7. The Morgan fingerprint density at radius 2 is 1.78 bits per heavy atom. The van der Waals surface area contributed by atoms with Gasteiger partial charge in [-0.05, 0) is 29.8 Å². The molecule has 1 heterocycles. The molecule has 1 saturated carbocycles. The largest absolute Gasteiger partial charge is 0.507 e. The fourth-order valence-corrected chi connectivity index (χ4v) is 4.32. The second-order valence-corrected chi connectivity index (χ2v) is 7.67. The Morgan fingerprint density at radius 1 is 1.03 bits per heavy atom. The van der Waals surface area contributed by atoms with Crippen molar-refractivity contribution in [1.29, 1.82) is 0 Å². The van der Waals surface area contributed by atoms with Crippen LogP contribution in [0, 0.1) is 0 Å². The standard InChI is InChI=1S/C25H24O7/c1-29-18-10-12-21-17(13-18)14-24(30-2)23(28)22(20(27)15-25(24,31-3)32-21)19(26)11-9-16-7-5-4-6-8-16/h4-13,26H,14-15H2,1-3H3/b11-9+,22-19+/t24-,25-/m0/s1. The zero-order chi connectivity index (χ0) is 22.9. The van der Waals surface area contributed by atoms with Crippen LogP contribution in [0.4, 0.5) is 0 Å². The number of methoxy groups -OCH3 is 3. The first-order chi connectivity index (χ1) is 15.4. The van der Waals surface area contributed by atoms with E-state index in [1.807, 2.05) is 30.3 Å². The zero-order valence-corrected chi connectivity index (χ0v) is 18.1. The fourth-order valence-electron chi connectivity index (χ4n) is 4.32. The zero-order valence-electron chi connectivity index (χ0n) is 18.1. The van der Waals surface area contributed by atoms with Crippen LogP contribution in [0.1, 0.15) is 17.5 Å². The van der Waals surface area contributed by atoms with Crippen LogP contribution in [0.3, 0.4) is 0 Å². The molecule has 0 bridgehead atoms. The van der Waals surface area contributed by atoms with Crippen molar-refractivity contribution in [1.82, 2.24) is 0 Å². The number of rotatable bonds is 5. The molecule has 0 amide bonds. The van der Waals surface area contributed by atoms with Crippen LogP contribution in [0.25, 0.3) is 6.08 Å². The van der Waals surface area contributed by atoms with Crippen molar-refractivity contribution in [3.05, 3.63) is 77.1 Å². The van der Waals surface area contributed by atoms with Gasteiger partial charge in [-0.1, -0.05) is 36.4 Å². The van der Waals surface area contributed by atoms with E-state index < -0.39 is 28.7 Å². The van der Waals surface area contributed by atoms with Crippen molar-refractivity contribution in [2.75, 3.05) is 21.3 Å². The third-order valence-corrected chi connectivity index (χ3v) is 6.03. The number of ether oxygens (including phenoxy) is 4. The number of hydrogen-bond donors (Lipinski definition) is 1. The van der Waals surface area contributed by atoms with Gasteiger partial charge in [0, 0.05) is 26.2 Å².